The molecular weight excluding hydrogens is 296 g/mol. The van der Waals surface area contributed by atoms with Crippen LogP contribution in [0.2, 0.25) is 0 Å². The molecule has 24 heavy (non-hydrogen) atoms. The molecule has 0 unspecified atom stereocenters. The molecule has 0 bridgehead atoms. The van der Waals surface area contributed by atoms with Crippen molar-refractivity contribution < 1.29 is 0 Å². The van der Waals surface area contributed by atoms with E-state index in [0.29, 0.717) is 6.04 Å². The molecule has 1 aliphatic heterocycles. The van der Waals surface area contributed by atoms with E-state index < -0.39 is 0 Å². The third-order valence-corrected chi connectivity index (χ3v) is 4.81. The summed E-state index contributed by atoms with van der Waals surface area (Å²) in [6.45, 7) is 8.98. The number of benzene rings is 1. The van der Waals surface area contributed by atoms with Gasteiger partial charge >= 0.3 is 0 Å². The Morgan fingerprint density at radius 3 is 2.54 bits per heavy atom. The predicted octanol–water partition coefficient (Wildman–Crippen LogP) is 2.97. The van der Waals surface area contributed by atoms with E-state index in [0.717, 1.165) is 18.9 Å². The SMILES string of the molecule is CCCCN1CCC(NC(=NC)NCCc2ccc(C)cc2)CC1. The molecule has 2 rings (SSSR count). The molecule has 1 fully saturated rings. The Morgan fingerprint density at radius 2 is 1.92 bits per heavy atom. The third-order valence-electron chi connectivity index (χ3n) is 4.81. The van der Waals surface area contributed by atoms with E-state index >= 15 is 0 Å². The number of nitrogens with one attached hydrogen (secondary N) is 2. The molecule has 0 radical (unpaired) electrons. The minimum absolute atomic E-state index is 0.549. The van der Waals surface area contributed by atoms with Crippen molar-refractivity contribution in [3.8, 4) is 0 Å². The minimum Gasteiger partial charge on any atom is -0.356 e. The van der Waals surface area contributed by atoms with Gasteiger partial charge in [0.05, 0.1) is 0 Å². The molecular formula is C20H34N4. The first-order valence-corrected chi connectivity index (χ1v) is 9.46. The van der Waals surface area contributed by atoms with E-state index in [2.05, 4.69) is 58.6 Å². The molecule has 1 aromatic carbocycles. The van der Waals surface area contributed by atoms with Crippen LogP contribution in [0.15, 0.2) is 29.3 Å². The van der Waals surface area contributed by atoms with Crippen molar-refractivity contribution in [3.05, 3.63) is 35.4 Å². The molecule has 0 saturated carbocycles. The van der Waals surface area contributed by atoms with Crippen molar-refractivity contribution >= 4 is 5.96 Å². The van der Waals surface area contributed by atoms with Crippen LogP contribution in [0, 0.1) is 6.92 Å². The van der Waals surface area contributed by atoms with Crippen LogP contribution in [-0.2, 0) is 6.42 Å². The summed E-state index contributed by atoms with van der Waals surface area (Å²) in [5.41, 5.74) is 2.68. The average molecular weight is 331 g/mol. The van der Waals surface area contributed by atoms with Crippen LogP contribution in [-0.4, -0.2) is 50.1 Å². The summed E-state index contributed by atoms with van der Waals surface area (Å²) in [5, 5.41) is 7.04. The van der Waals surface area contributed by atoms with Gasteiger partial charge in [0.15, 0.2) is 5.96 Å². The van der Waals surface area contributed by atoms with Gasteiger partial charge < -0.3 is 15.5 Å². The fourth-order valence-corrected chi connectivity index (χ4v) is 3.15. The van der Waals surface area contributed by atoms with Gasteiger partial charge in [-0.3, -0.25) is 4.99 Å². The number of piperidine rings is 1. The first-order valence-electron chi connectivity index (χ1n) is 9.46. The summed E-state index contributed by atoms with van der Waals surface area (Å²) in [4.78, 5) is 6.97. The van der Waals surface area contributed by atoms with Gasteiger partial charge in [0.25, 0.3) is 0 Å². The van der Waals surface area contributed by atoms with Crippen LogP contribution in [0.4, 0.5) is 0 Å². The van der Waals surface area contributed by atoms with Crippen molar-refractivity contribution in [2.75, 3.05) is 33.2 Å². The third kappa shape index (κ3) is 6.52. The number of hydrogen-bond donors (Lipinski definition) is 2. The second kappa shape index (κ2) is 10.3. The number of aryl methyl sites for hydroxylation is 1. The molecule has 0 amide bonds. The van der Waals surface area contributed by atoms with Gasteiger partial charge in [0, 0.05) is 32.7 Å². The van der Waals surface area contributed by atoms with E-state index in [1.165, 1.54) is 56.4 Å². The molecule has 4 nitrogen and oxygen atoms in total. The molecule has 1 aromatic rings. The highest BCUT2D eigenvalue weighted by molar-refractivity contribution is 5.79. The van der Waals surface area contributed by atoms with Crippen LogP contribution in [0.5, 0.6) is 0 Å². The number of unbranched alkanes of at least 4 members (excludes halogenated alkanes) is 1. The summed E-state index contributed by atoms with van der Waals surface area (Å²) in [6.07, 6.45) is 6.05. The number of guanidine groups is 1. The number of nitrogens with zero attached hydrogens (tertiary/aromatic N) is 2. The Kier molecular flexibility index (Phi) is 8.10. The maximum Gasteiger partial charge on any atom is 0.191 e. The van der Waals surface area contributed by atoms with Crippen LogP contribution in [0.25, 0.3) is 0 Å². The molecule has 0 spiro atoms. The topological polar surface area (TPSA) is 39.7 Å². The van der Waals surface area contributed by atoms with Crippen molar-refractivity contribution in [1.82, 2.24) is 15.5 Å². The van der Waals surface area contributed by atoms with Gasteiger partial charge in [-0.05, 0) is 44.7 Å². The van der Waals surface area contributed by atoms with E-state index in [9.17, 15) is 0 Å². The summed E-state index contributed by atoms with van der Waals surface area (Å²) in [5.74, 6) is 0.939. The summed E-state index contributed by atoms with van der Waals surface area (Å²) < 4.78 is 0. The Bertz CT molecular complexity index is 487. The Balaban J connectivity index is 1.66. The largest absolute Gasteiger partial charge is 0.356 e. The van der Waals surface area contributed by atoms with E-state index in [-0.39, 0.29) is 0 Å². The maximum atomic E-state index is 4.38. The second-order valence-electron chi connectivity index (χ2n) is 6.85. The molecule has 0 atom stereocenters. The summed E-state index contributed by atoms with van der Waals surface area (Å²) in [7, 11) is 1.86. The lowest BCUT2D eigenvalue weighted by Gasteiger charge is -2.33. The van der Waals surface area contributed by atoms with E-state index in [1.54, 1.807) is 0 Å². The highest BCUT2D eigenvalue weighted by Gasteiger charge is 2.19. The summed E-state index contributed by atoms with van der Waals surface area (Å²) >= 11 is 0. The van der Waals surface area contributed by atoms with Crippen molar-refractivity contribution in [3.63, 3.8) is 0 Å². The van der Waals surface area contributed by atoms with Crippen LogP contribution < -0.4 is 10.6 Å². The lowest BCUT2D eigenvalue weighted by atomic mass is 10.0. The molecule has 0 aromatic heterocycles. The molecule has 134 valence electrons. The fraction of sp³-hybridized carbons (Fsp3) is 0.650. The standard InChI is InChI=1S/C20H34N4/c1-4-5-14-24-15-11-19(12-16-24)23-20(21-3)22-13-10-18-8-6-17(2)7-9-18/h6-9,19H,4-5,10-16H2,1-3H3,(H2,21,22,23). The number of aliphatic imine (C=N–C) groups is 1. The number of hydrogen-bond acceptors (Lipinski definition) is 2. The van der Waals surface area contributed by atoms with Gasteiger partial charge in [-0.2, -0.15) is 0 Å². The number of rotatable bonds is 7. The monoisotopic (exact) mass is 330 g/mol. The zero-order valence-electron chi connectivity index (χ0n) is 15.6. The van der Waals surface area contributed by atoms with E-state index in [1.807, 2.05) is 7.05 Å². The van der Waals surface area contributed by atoms with Crippen LogP contribution in [0.1, 0.15) is 43.7 Å². The Hall–Kier alpha value is -1.55. The molecule has 1 aliphatic rings. The second-order valence-corrected chi connectivity index (χ2v) is 6.85. The molecule has 4 heteroatoms. The van der Waals surface area contributed by atoms with Gasteiger partial charge in [-0.25, -0.2) is 0 Å². The van der Waals surface area contributed by atoms with Gasteiger partial charge in [-0.1, -0.05) is 43.2 Å². The lowest BCUT2D eigenvalue weighted by molar-refractivity contribution is 0.203. The molecule has 1 heterocycles. The average Bonchev–Trinajstić information content (AvgIpc) is 2.62. The van der Waals surface area contributed by atoms with E-state index in [4.69, 9.17) is 0 Å². The quantitative estimate of drug-likeness (QED) is 0.596. The highest BCUT2D eigenvalue weighted by atomic mass is 15.2. The van der Waals surface area contributed by atoms with Gasteiger partial charge in [0.1, 0.15) is 0 Å². The lowest BCUT2D eigenvalue weighted by Crippen LogP contribution is -2.49. The van der Waals surface area contributed by atoms with Crippen LogP contribution >= 0.6 is 0 Å². The molecule has 0 aliphatic carbocycles. The Labute approximate surface area is 147 Å². The highest BCUT2D eigenvalue weighted by Crippen LogP contribution is 2.11. The normalized spacial score (nSPS) is 17.0. The predicted molar refractivity (Wildman–Crippen MR) is 104 cm³/mol. The minimum atomic E-state index is 0.549. The fourth-order valence-electron chi connectivity index (χ4n) is 3.15. The van der Waals surface area contributed by atoms with Crippen molar-refractivity contribution in [1.29, 1.82) is 0 Å². The maximum absolute atomic E-state index is 4.38. The molecule has 1 saturated heterocycles. The van der Waals surface area contributed by atoms with Crippen LogP contribution in [0.3, 0.4) is 0 Å². The summed E-state index contributed by atoms with van der Waals surface area (Å²) in [6, 6.07) is 9.32. The first-order chi connectivity index (χ1) is 11.7. The number of likely N-dealkylation sites (tertiary alicyclic amines) is 1. The molecule has 2 N–H and O–H groups in total. The first kappa shape index (κ1) is 18.8. The van der Waals surface area contributed by atoms with Crippen molar-refractivity contribution in [2.45, 2.75) is 52.0 Å². The van der Waals surface area contributed by atoms with Crippen molar-refractivity contribution in [2.24, 2.45) is 4.99 Å². The zero-order chi connectivity index (χ0) is 17.2. The van der Waals surface area contributed by atoms with Gasteiger partial charge in [0.2, 0.25) is 0 Å². The smallest absolute Gasteiger partial charge is 0.191 e. The Morgan fingerprint density at radius 1 is 1.21 bits per heavy atom. The van der Waals surface area contributed by atoms with Gasteiger partial charge in [-0.15, -0.1) is 0 Å². The zero-order valence-corrected chi connectivity index (χ0v) is 15.6.